The van der Waals surface area contributed by atoms with Crippen LogP contribution in [-0.4, -0.2) is 18.9 Å². The number of hydrogen-bond acceptors (Lipinski definition) is 4. The van der Waals surface area contributed by atoms with Crippen molar-refractivity contribution in [2.75, 3.05) is 6.79 Å². The molecular weight excluding hydrogens is 400 g/mol. The molecule has 0 N–H and O–H groups in total. The summed E-state index contributed by atoms with van der Waals surface area (Å²) in [5, 5.41) is 0. The van der Waals surface area contributed by atoms with Gasteiger partial charge in [0.1, 0.15) is 11.5 Å². The van der Waals surface area contributed by atoms with Crippen LogP contribution in [0.2, 0.25) is 0 Å². The van der Waals surface area contributed by atoms with E-state index in [0.717, 1.165) is 30.9 Å². The van der Waals surface area contributed by atoms with Crippen molar-refractivity contribution < 1.29 is 19.0 Å². The molecule has 4 nitrogen and oxygen atoms in total. The average molecular weight is 431 g/mol. The van der Waals surface area contributed by atoms with Crippen LogP contribution in [0.15, 0.2) is 84.9 Å². The van der Waals surface area contributed by atoms with Crippen LogP contribution < -0.4 is 9.47 Å². The molecule has 0 amide bonds. The van der Waals surface area contributed by atoms with Gasteiger partial charge in [0.2, 0.25) is 0 Å². The van der Waals surface area contributed by atoms with Crippen molar-refractivity contribution in [1.29, 1.82) is 0 Å². The van der Waals surface area contributed by atoms with Gasteiger partial charge in [-0.1, -0.05) is 48.5 Å². The highest BCUT2D eigenvalue weighted by Crippen LogP contribution is 2.29. The molecule has 4 heteroatoms. The molecule has 1 fully saturated rings. The summed E-state index contributed by atoms with van der Waals surface area (Å²) in [6.07, 6.45) is 7.06. The van der Waals surface area contributed by atoms with Crippen molar-refractivity contribution in [3.8, 4) is 11.5 Å². The molecule has 1 saturated carbocycles. The Hall–Kier alpha value is -3.11. The van der Waals surface area contributed by atoms with E-state index in [1.807, 2.05) is 72.8 Å². The maximum atomic E-state index is 12.3. The Morgan fingerprint density at radius 1 is 0.750 bits per heavy atom. The summed E-state index contributed by atoms with van der Waals surface area (Å²) in [7, 11) is 0. The number of hydrogen-bond donors (Lipinski definition) is 0. The Balaban J connectivity index is 1.14. The first-order chi connectivity index (χ1) is 15.8. The van der Waals surface area contributed by atoms with Crippen LogP contribution in [0.5, 0.6) is 11.5 Å². The summed E-state index contributed by atoms with van der Waals surface area (Å²) in [5.74, 6) is 1.82. The zero-order valence-corrected chi connectivity index (χ0v) is 18.3. The van der Waals surface area contributed by atoms with Crippen LogP contribution >= 0.6 is 0 Å². The van der Waals surface area contributed by atoms with Crippen molar-refractivity contribution in [1.82, 2.24) is 0 Å². The third kappa shape index (κ3) is 6.69. The average Bonchev–Trinajstić information content (AvgIpc) is 2.85. The number of carbonyl (C=O) groups excluding carboxylic acids is 1. The number of aryl methyl sites for hydroxylation is 1. The highest BCUT2D eigenvalue weighted by atomic mass is 16.7. The quantitative estimate of drug-likeness (QED) is 0.222. The van der Waals surface area contributed by atoms with Gasteiger partial charge in [-0.25, -0.2) is 4.79 Å². The van der Waals surface area contributed by atoms with Crippen LogP contribution in [0.25, 0.3) is 0 Å². The van der Waals surface area contributed by atoms with E-state index in [0.29, 0.717) is 24.2 Å². The number of rotatable bonds is 9. The predicted octanol–water partition coefficient (Wildman–Crippen LogP) is 6.45. The Morgan fingerprint density at radius 2 is 1.38 bits per heavy atom. The monoisotopic (exact) mass is 430 g/mol. The van der Waals surface area contributed by atoms with Gasteiger partial charge in [0, 0.05) is 0 Å². The van der Waals surface area contributed by atoms with Gasteiger partial charge in [-0.05, 0) is 86.4 Å². The van der Waals surface area contributed by atoms with E-state index < -0.39 is 0 Å². The van der Waals surface area contributed by atoms with E-state index >= 15 is 0 Å². The number of carbonyl (C=O) groups is 1. The molecule has 0 aromatic heterocycles. The number of ether oxygens (including phenoxy) is 3. The Labute approximate surface area is 190 Å². The van der Waals surface area contributed by atoms with E-state index in [-0.39, 0.29) is 5.97 Å². The summed E-state index contributed by atoms with van der Waals surface area (Å²) in [5.41, 5.74) is 1.84. The fourth-order valence-electron chi connectivity index (χ4n) is 4.14. The summed E-state index contributed by atoms with van der Waals surface area (Å²) in [6, 6.07) is 26.7. The lowest BCUT2D eigenvalue weighted by molar-refractivity contribution is -0.0552. The van der Waals surface area contributed by atoms with Gasteiger partial charge in [-0.3, -0.25) is 0 Å². The zero-order chi connectivity index (χ0) is 22.0. The lowest BCUT2D eigenvalue weighted by Crippen LogP contribution is -2.23. The minimum Gasteiger partial charge on any atom is -0.468 e. The number of para-hydroxylation sites is 2. The first kappa shape index (κ1) is 22.1. The molecule has 0 spiro atoms. The molecule has 0 unspecified atom stereocenters. The standard InChI is InChI=1S/C28H30O4/c29-28(32-27-9-5-2-6-10-27)24-17-13-22(14-18-24)11-12-23-15-19-26(20-16-23)31-21-30-25-7-3-1-4-8-25/h1-10,13-14,17-18,23,26H,11-12,15-16,19-21H2. The van der Waals surface area contributed by atoms with Crippen LogP contribution in [0.4, 0.5) is 0 Å². The molecule has 166 valence electrons. The second kappa shape index (κ2) is 11.5. The first-order valence-electron chi connectivity index (χ1n) is 11.4. The Morgan fingerprint density at radius 3 is 2.03 bits per heavy atom. The highest BCUT2D eigenvalue weighted by Gasteiger charge is 2.21. The fraction of sp³-hybridized carbons (Fsp3) is 0.321. The van der Waals surface area contributed by atoms with Crippen molar-refractivity contribution in [2.45, 2.75) is 44.6 Å². The molecule has 4 rings (SSSR count). The number of benzene rings is 3. The summed E-state index contributed by atoms with van der Waals surface area (Å²) in [4.78, 5) is 12.3. The van der Waals surface area contributed by atoms with Crippen molar-refractivity contribution in [2.24, 2.45) is 5.92 Å². The smallest absolute Gasteiger partial charge is 0.343 e. The topological polar surface area (TPSA) is 44.8 Å². The normalized spacial score (nSPS) is 18.1. The van der Waals surface area contributed by atoms with Gasteiger partial charge in [-0.2, -0.15) is 0 Å². The minimum atomic E-state index is -0.322. The second-order valence-electron chi connectivity index (χ2n) is 8.32. The van der Waals surface area contributed by atoms with Gasteiger partial charge in [-0.15, -0.1) is 0 Å². The molecule has 1 aliphatic carbocycles. The van der Waals surface area contributed by atoms with Gasteiger partial charge in [0.25, 0.3) is 0 Å². The summed E-state index contributed by atoms with van der Waals surface area (Å²) < 4.78 is 17.0. The van der Waals surface area contributed by atoms with Crippen molar-refractivity contribution >= 4 is 5.97 Å². The maximum Gasteiger partial charge on any atom is 0.343 e. The fourth-order valence-corrected chi connectivity index (χ4v) is 4.14. The lowest BCUT2D eigenvalue weighted by atomic mass is 9.84. The third-order valence-electron chi connectivity index (χ3n) is 6.05. The van der Waals surface area contributed by atoms with E-state index in [1.165, 1.54) is 24.8 Å². The molecule has 3 aromatic carbocycles. The third-order valence-corrected chi connectivity index (χ3v) is 6.05. The van der Waals surface area contributed by atoms with E-state index in [9.17, 15) is 4.79 Å². The van der Waals surface area contributed by atoms with Gasteiger partial charge in [0.15, 0.2) is 6.79 Å². The minimum absolute atomic E-state index is 0.296. The van der Waals surface area contributed by atoms with Gasteiger partial charge < -0.3 is 14.2 Å². The SMILES string of the molecule is O=C(Oc1ccccc1)c1ccc(CCC2CCC(OCOc3ccccc3)CC2)cc1. The molecule has 32 heavy (non-hydrogen) atoms. The van der Waals surface area contributed by atoms with Crippen molar-refractivity contribution in [3.05, 3.63) is 96.1 Å². The van der Waals surface area contributed by atoms with E-state index in [2.05, 4.69) is 0 Å². The van der Waals surface area contributed by atoms with Gasteiger partial charge >= 0.3 is 5.97 Å². The van der Waals surface area contributed by atoms with E-state index in [4.69, 9.17) is 14.2 Å². The van der Waals surface area contributed by atoms with Crippen LogP contribution in [-0.2, 0) is 11.2 Å². The van der Waals surface area contributed by atoms with Crippen molar-refractivity contribution in [3.63, 3.8) is 0 Å². The molecule has 0 bridgehead atoms. The molecule has 0 heterocycles. The Kier molecular flexibility index (Phi) is 7.94. The van der Waals surface area contributed by atoms with Gasteiger partial charge in [0.05, 0.1) is 11.7 Å². The van der Waals surface area contributed by atoms with Crippen LogP contribution in [0.1, 0.15) is 48.0 Å². The molecule has 0 atom stereocenters. The summed E-state index contributed by atoms with van der Waals surface area (Å²) >= 11 is 0. The number of esters is 1. The molecular formula is C28H30O4. The molecule has 0 radical (unpaired) electrons. The van der Waals surface area contributed by atoms with Crippen LogP contribution in [0.3, 0.4) is 0 Å². The zero-order valence-electron chi connectivity index (χ0n) is 18.3. The lowest BCUT2D eigenvalue weighted by Gasteiger charge is -2.28. The molecule has 1 aliphatic rings. The second-order valence-corrected chi connectivity index (χ2v) is 8.32. The molecule has 0 aliphatic heterocycles. The molecule has 3 aromatic rings. The summed E-state index contributed by atoms with van der Waals surface area (Å²) in [6.45, 7) is 0.318. The molecule has 0 saturated heterocycles. The largest absolute Gasteiger partial charge is 0.468 e. The Bertz CT molecular complexity index is 946. The predicted molar refractivity (Wildman–Crippen MR) is 125 cm³/mol. The highest BCUT2D eigenvalue weighted by molar-refractivity contribution is 5.91. The first-order valence-corrected chi connectivity index (χ1v) is 11.4. The van der Waals surface area contributed by atoms with E-state index in [1.54, 1.807) is 12.1 Å². The van der Waals surface area contributed by atoms with Crippen LogP contribution in [0, 0.1) is 5.92 Å². The maximum absolute atomic E-state index is 12.3.